The highest BCUT2D eigenvalue weighted by Crippen LogP contribution is 2.29. The lowest BCUT2D eigenvalue weighted by Crippen LogP contribution is -2.17. The largest absolute Gasteiger partial charge is 0.508 e. The Morgan fingerprint density at radius 1 is 1.24 bits per heavy atom. The Balaban J connectivity index is 2.18. The first-order valence-corrected chi connectivity index (χ1v) is 7.77. The highest BCUT2D eigenvalue weighted by molar-refractivity contribution is 9.10. The molecule has 0 aliphatic heterocycles. The number of rotatable bonds is 5. The molecule has 0 spiro atoms. The quantitative estimate of drug-likeness (QED) is 0.854. The predicted molar refractivity (Wildman–Crippen MR) is 91.8 cm³/mol. The van der Waals surface area contributed by atoms with Gasteiger partial charge in [0.1, 0.15) is 5.75 Å². The van der Waals surface area contributed by atoms with Crippen LogP contribution < -0.4 is 10.2 Å². The molecular formula is C17H21BrN2O. The van der Waals surface area contributed by atoms with Gasteiger partial charge in [0.15, 0.2) is 0 Å². The Kier molecular flexibility index (Phi) is 5.26. The molecule has 0 aliphatic carbocycles. The number of hydrogen-bond donors (Lipinski definition) is 2. The smallest absolute Gasteiger partial charge is 0.122 e. The number of halogens is 1. The summed E-state index contributed by atoms with van der Waals surface area (Å²) in [7, 11) is 3.91. The summed E-state index contributed by atoms with van der Waals surface area (Å²) in [5, 5.41) is 13.3. The second kappa shape index (κ2) is 6.96. The molecule has 0 heterocycles. The summed E-state index contributed by atoms with van der Waals surface area (Å²) in [4.78, 5) is 2.12. The summed E-state index contributed by atoms with van der Waals surface area (Å²) >= 11 is 3.57. The molecule has 3 nitrogen and oxygen atoms in total. The Bertz CT molecular complexity index is 615. The third-order valence-electron chi connectivity index (χ3n) is 3.72. The lowest BCUT2D eigenvalue weighted by atomic mass is 10.1. The number of anilines is 1. The number of nitrogens with zero attached hydrogens (tertiary/aromatic N) is 1. The van der Waals surface area contributed by atoms with Crippen molar-refractivity contribution in [2.24, 2.45) is 0 Å². The van der Waals surface area contributed by atoms with E-state index in [1.165, 1.54) is 5.56 Å². The van der Waals surface area contributed by atoms with Crippen LogP contribution in [0.25, 0.3) is 0 Å². The van der Waals surface area contributed by atoms with E-state index in [9.17, 15) is 5.11 Å². The first-order chi connectivity index (χ1) is 10.0. The van der Waals surface area contributed by atoms with Crippen molar-refractivity contribution in [2.45, 2.75) is 19.5 Å². The fraction of sp³-hybridized carbons (Fsp3) is 0.294. The van der Waals surface area contributed by atoms with Crippen molar-refractivity contribution in [2.75, 3.05) is 19.0 Å². The number of hydrogen-bond acceptors (Lipinski definition) is 3. The molecule has 0 bridgehead atoms. The van der Waals surface area contributed by atoms with Crippen LogP contribution in [0.15, 0.2) is 46.9 Å². The van der Waals surface area contributed by atoms with Crippen LogP contribution in [0.5, 0.6) is 5.75 Å². The molecule has 1 unspecified atom stereocenters. The van der Waals surface area contributed by atoms with E-state index >= 15 is 0 Å². The van der Waals surface area contributed by atoms with Crippen LogP contribution in [0.2, 0.25) is 0 Å². The first-order valence-electron chi connectivity index (χ1n) is 6.97. The van der Waals surface area contributed by atoms with Crippen molar-refractivity contribution in [1.29, 1.82) is 0 Å². The Labute approximate surface area is 134 Å². The maximum Gasteiger partial charge on any atom is 0.122 e. The van der Waals surface area contributed by atoms with Crippen molar-refractivity contribution in [3.63, 3.8) is 0 Å². The van der Waals surface area contributed by atoms with E-state index in [0.717, 1.165) is 22.3 Å². The minimum atomic E-state index is 0.132. The van der Waals surface area contributed by atoms with Gasteiger partial charge in [-0.2, -0.15) is 0 Å². The lowest BCUT2D eigenvalue weighted by molar-refractivity contribution is 0.458. The van der Waals surface area contributed by atoms with Gasteiger partial charge in [-0.15, -0.1) is 0 Å². The summed E-state index contributed by atoms with van der Waals surface area (Å²) in [6.07, 6.45) is 0. The Morgan fingerprint density at radius 3 is 2.57 bits per heavy atom. The second-order valence-electron chi connectivity index (χ2n) is 5.20. The molecule has 0 radical (unpaired) electrons. The lowest BCUT2D eigenvalue weighted by Gasteiger charge is -2.22. The average Bonchev–Trinajstić information content (AvgIpc) is 2.48. The standard InChI is InChI=1S/C17H21BrN2O/c1-12(19-2)15-9-8-14(10-17(15)21)20(3)11-13-6-4-5-7-16(13)18/h4-10,12,19,21H,11H2,1-3H3. The molecular weight excluding hydrogens is 328 g/mol. The van der Waals surface area contributed by atoms with Gasteiger partial charge in [-0.25, -0.2) is 0 Å². The Hall–Kier alpha value is -1.52. The predicted octanol–water partition coefficient (Wildman–Crippen LogP) is 4.07. The van der Waals surface area contributed by atoms with E-state index in [1.807, 2.05) is 57.4 Å². The summed E-state index contributed by atoms with van der Waals surface area (Å²) in [6.45, 7) is 2.81. The van der Waals surface area contributed by atoms with Crippen molar-refractivity contribution >= 4 is 21.6 Å². The molecule has 0 aliphatic rings. The molecule has 0 amide bonds. The number of phenols is 1. The van der Waals surface area contributed by atoms with Crippen molar-refractivity contribution in [3.05, 3.63) is 58.1 Å². The number of aromatic hydroxyl groups is 1. The summed E-state index contributed by atoms with van der Waals surface area (Å²) in [5.74, 6) is 0.327. The van der Waals surface area contributed by atoms with Crippen LogP contribution in [-0.4, -0.2) is 19.2 Å². The molecule has 4 heteroatoms. The van der Waals surface area contributed by atoms with E-state index in [1.54, 1.807) is 0 Å². The zero-order chi connectivity index (χ0) is 15.4. The SMILES string of the molecule is CNC(C)c1ccc(N(C)Cc2ccccc2Br)cc1O. The van der Waals surface area contributed by atoms with Crippen molar-refractivity contribution < 1.29 is 5.11 Å². The zero-order valence-corrected chi connectivity index (χ0v) is 14.2. The molecule has 0 aromatic heterocycles. The van der Waals surface area contributed by atoms with Gasteiger partial charge in [-0.1, -0.05) is 40.2 Å². The van der Waals surface area contributed by atoms with Gasteiger partial charge in [0, 0.05) is 41.4 Å². The number of benzene rings is 2. The van der Waals surface area contributed by atoms with Gasteiger partial charge in [-0.05, 0) is 31.7 Å². The van der Waals surface area contributed by atoms with E-state index in [2.05, 4.69) is 32.2 Å². The molecule has 2 rings (SSSR count). The summed E-state index contributed by atoms with van der Waals surface area (Å²) in [5.41, 5.74) is 3.12. The van der Waals surface area contributed by atoms with Crippen molar-refractivity contribution in [1.82, 2.24) is 5.32 Å². The van der Waals surface area contributed by atoms with Crippen LogP contribution >= 0.6 is 15.9 Å². The minimum absolute atomic E-state index is 0.132. The molecule has 0 fully saturated rings. The average molecular weight is 349 g/mol. The van der Waals surface area contributed by atoms with Gasteiger partial charge in [0.2, 0.25) is 0 Å². The molecule has 0 saturated carbocycles. The molecule has 112 valence electrons. The van der Waals surface area contributed by atoms with Gasteiger partial charge in [-0.3, -0.25) is 0 Å². The molecule has 1 atom stereocenters. The topological polar surface area (TPSA) is 35.5 Å². The number of nitrogens with one attached hydrogen (secondary N) is 1. The third kappa shape index (κ3) is 3.77. The van der Waals surface area contributed by atoms with Crippen LogP contribution in [0, 0.1) is 0 Å². The normalized spacial score (nSPS) is 12.2. The third-order valence-corrected chi connectivity index (χ3v) is 4.49. The number of phenolic OH excluding ortho intramolecular Hbond substituents is 1. The van der Waals surface area contributed by atoms with Gasteiger partial charge in [0.05, 0.1) is 0 Å². The van der Waals surface area contributed by atoms with Crippen LogP contribution in [0.4, 0.5) is 5.69 Å². The second-order valence-corrected chi connectivity index (χ2v) is 6.06. The summed E-state index contributed by atoms with van der Waals surface area (Å²) in [6, 6.07) is 14.1. The first kappa shape index (κ1) is 15.9. The fourth-order valence-corrected chi connectivity index (χ4v) is 2.67. The van der Waals surface area contributed by atoms with Crippen LogP contribution in [0.1, 0.15) is 24.1 Å². The van der Waals surface area contributed by atoms with E-state index in [0.29, 0.717) is 5.75 Å². The van der Waals surface area contributed by atoms with Crippen LogP contribution in [0.3, 0.4) is 0 Å². The highest BCUT2D eigenvalue weighted by atomic mass is 79.9. The zero-order valence-electron chi connectivity index (χ0n) is 12.6. The molecule has 2 aromatic rings. The van der Waals surface area contributed by atoms with Crippen molar-refractivity contribution in [3.8, 4) is 5.75 Å². The van der Waals surface area contributed by atoms with Gasteiger partial charge < -0.3 is 15.3 Å². The highest BCUT2D eigenvalue weighted by Gasteiger charge is 2.11. The van der Waals surface area contributed by atoms with E-state index in [4.69, 9.17) is 0 Å². The van der Waals surface area contributed by atoms with Gasteiger partial charge in [0.25, 0.3) is 0 Å². The van der Waals surface area contributed by atoms with Gasteiger partial charge >= 0.3 is 0 Å². The fourth-order valence-electron chi connectivity index (χ4n) is 2.26. The Morgan fingerprint density at radius 2 is 1.95 bits per heavy atom. The maximum absolute atomic E-state index is 10.2. The molecule has 21 heavy (non-hydrogen) atoms. The molecule has 2 aromatic carbocycles. The maximum atomic E-state index is 10.2. The monoisotopic (exact) mass is 348 g/mol. The molecule has 0 saturated heterocycles. The van der Waals surface area contributed by atoms with Crippen LogP contribution in [-0.2, 0) is 6.54 Å². The molecule has 2 N–H and O–H groups in total. The van der Waals surface area contributed by atoms with E-state index in [-0.39, 0.29) is 6.04 Å². The summed E-state index contributed by atoms with van der Waals surface area (Å²) < 4.78 is 1.10. The van der Waals surface area contributed by atoms with E-state index < -0.39 is 0 Å². The minimum Gasteiger partial charge on any atom is -0.508 e.